The SMILES string of the molecule is CC(C=C1CC1C)CCCCC(C)C(C)C. The molecule has 0 heteroatoms. The van der Waals surface area contributed by atoms with Gasteiger partial charge in [0.05, 0.1) is 0 Å². The lowest BCUT2D eigenvalue weighted by Crippen LogP contribution is -2.03. The van der Waals surface area contributed by atoms with E-state index in [1.54, 1.807) is 5.57 Å². The van der Waals surface area contributed by atoms with Crippen LogP contribution >= 0.6 is 0 Å². The molecular weight excluding hydrogens is 192 g/mol. The maximum absolute atomic E-state index is 2.52. The lowest BCUT2D eigenvalue weighted by atomic mass is 9.91. The minimum Gasteiger partial charge on any atom is -0.0822 e. The highest BCUT2D eigenvalue weighted by molar-refractivity contribution is 5.22. The second-order valence-corrected chi connectivity index (χ2v) is 6.33. The van der Waals surface area contributed by atoms with E-state index >= 15 is 0 Å². The van der Waals surface area contributed by atoms with Crippen molar-refractivity contribution in [2.75, 3.05) is 0 Å². The molecule has 0 spiro atoms. The fourth-order valence-corrected chi connectivity index (χ4v) is 2.24. The Kier molecular flexibility index (Phi) is 5.58. The first-order chi connectivity index (χ1) is 7.50. The van der Waals surface area contributed by atoms with Crippen molar-refractivity contribution in [1.82, 2.24) is 0 Å². The Morgan fingerprint density at radius 2 is 1.69 bits per heavy atom. The van der Waals surface area contributed by atoms with Gasteiger partial charge in [0.1, 0.15) is 0 Å². The highest BCUT2D eigenvalue weighted by Crippen LogP contribution is 2.38. The highest BCUT2D eigenvalue weighted by Gasteiger charge is 2.23. The normalized spacial score (nSPS) is 26.1. The molecular formula is C16H30. The number of allylic oxidation sites excluding steroid dienone is 2. The third-order valence-corrected chi connectivity index (χ3v) is 4.22. The molecule has 0 aromatic heterocycles. The molecule has 1 saturated carbocycles. The predicted octanol–water partition coefficient (Wildman–Crippen LogP) is 5.44. The Bertz CT molecular complexity index is 224. The Hall–Kier alpha value is -0.260. The minimum absolute atomic E-state index is 0.814. The van der Waals surface area contributed by atoms with E-state index in [9.17, 15) is 0 Å². The van der Waals surface area contributed by atoms with Gasteiger partial charge >= 0.3 is 0 Å². The second kappa shape index (κ2) is 6.47. The Labute approximate surface area is 103 Å². The molecule has 94 valence electrons. The maximum Gasteiger partial charge on any atom is -0.0194 e. The van der Waals surface area contributed by atoms with Crippen LogP contribution in [0, 0.1) is 23.7 Å². The van der Waals surface area contributed by atoms with Gasteiger partial charge in [-0.25, -0.2) is 0 Å². The van der Waals surface area contributed by atoms with Gasteiger partial charge in [0.25, 0.3) is 0 Å². The van der Waals surface area contributed by atoms with Gasteiger partial charge in [-0.2, -0.15) is 0 Å². The standard InChI is InChI=1S/C16H30/c1-12(2)14(4)9-7-6-8-13(3)10-16-11-15(16)5/h10,12-15H,6-9,11H2,1-5H3. The first kappa shape index (κ1) is 13.8. The molecule has 1 aliphatic carbocycles. The maximum atomic E-state index is 2.52. The molecule has 0 N–H and O–H groups in total. The van der Waals surface area contributed by atoms with Crippen LogP contribution in [0.4, 0.5) is 0 Å². The molecule has 1 fully saturated rings. The van der Waals surface area contributed by atoms with E-state index in [0.717, 1.165) is 23.7 Å². The van der Waals surface area contributed by atoms with Crippen LogP contribution in [0.5, 0.6) is 0 Å². The highest BCUT2D eigenvalue weighted by atomic mass is 14.3. The average Bonchev–Trinajstić information content (AvgIpc) is 2.88. The fourth-order valence-electron chi connectivity index (χ4n) is 2.24. The molecule has 3 atom stereocenters. The van der Waals surface area contributed by atoms with Crippen LogP contribution in [0.2, 0.25) is 0 Å². The summed E-state index contributed by atoms with van der Waals surface area (Å²) < 4.78 is 0. The van der Waals surface area contributed by atoms with Crippen molar-refractivity contribution in [3.8, 4) is 0 Å². The fraction of sp³-hybridized carbons (Fsp3) is 0.875. The zero-order valence-electron chi connectivity index (χ0n) is 11.9. The third kappa shape index (κ3) is 5.18. The predicted molar refractivity (Wildman–Crippen MR) is 73.5 cm³/mol. The van der Waals surface area contributed by atoms with Crippen LogP contribution < -0.4 is 0 Å². The van der Waals surface area contributed by atoms with E-state index in [-0.39, 0.29) is 0 Å². The summed E-state index contributed by atoms with van der Waals surface area (Å²) in [6.07, 6.45) is 9.53. The zero-order valence-corrected chi connectivity index (χ0v) is 11.9. The molecule has 1 rings (SSSR count). The summed E-state index contributed by atoms with van der Waals surface area (Å²) in [5, 5.41) is 0. The van der Waals surface area contributed by atoms with Crippen molar-refractivity contribution in [2.24, 2.45) is 23.7 Å². The lowest BCUT2D eigenvalue weighted by Gasteiger charge is -2.15. The van der Waals surface area contributed by atoms with Gasteiger partial charge in [0.2, 0.25) is 0 Å². The number of rotatable bonds is 7. The molecule has 0 radical (unpaired) electrons. The number of hydrogen-bond donors (Lipinski definition) is 0. The van der Waals surface area contributed by atoms with Crippen molar-refractivity contribution in [3.63, 3.8) is 0 Å². The molecule has 0 aromatic carbocycles. The van der Waals surface area contributed by atoms with E-state index in [2.05, 4.69) is 40.7 Å². The van der Waals surface area contributed by atoms with E-state index in [1.165, 1.54) is 32.1 Å². The first-order valence-corrected chi connectivity index (χ1v) is 7.21. The Balaban J connectivity index is 2.03. The second-order valence-electron chi connectivity index (χ2n) is 6.33. The number of unbranched alkanes of at least 4 members (excludes halogenated alkanes) is 1. The Morgan fingerprint density at radius 3 is 2.19 bits per heavy atom. The van der Waals surface area contributed by atoms with Gasteiger partial charge in [0.15, 0.2) is 0 Å². The minimum atomic E-state index is 0.814. The van der Waals surface area contributed by atoms with E-state index in [1.807, 2.05) is 0 Å². The summed E-state index contributed by atoms with van der Waals surface area (Å²) in [6.45, 7) is 11.8. The average molecular weight is 222 g/mol. The molecule has 0 amide bonds. The van der Waals surface area contributed by atoms with Crippen molar-refractivity contribution in [1.29, 1.82) is 0 Å². The molecule has 0 saturated heterocycles. The summed E-state index contributed by atoms with van der Waals surface area (Å²) in [5.41, 5.74) is 1.71. The number of hydrogen-bond acceptors (Lipinski definition) is 0. The van der Waals surface area contributed by atoms with E-state index in [4.69, 9.17) is 0 Å². The molecule has 0 aromatic rings. The molecule has 3 unspecified atom stereocenters. The van der Waals surface area contributed by atoms with Crippen molar-refractivity contribution < 1.29 is 0 Å². The van der Waals surface area contributed by atoms with Gasteiger partial charge in [-0.3, -0.25) is 0 Å². The quantitative estimate of drug-likeness (QED) is 0.397. The van der Waals surface area contributed by atoms with Crippen molar-refractivity contribution in [2.45, 2.75) is 66.7 Å². The lowest BCUT2D eigenvalue weighted by molar-refractivity contribution is 0.372. The summed E-state index contributed by atoms with van der Waals surface area (Å²) >= 11 is 0. The molecule has 16 heavy (non-hydrogen) atoms. The summed E-state index contributed by atoms with van der Waals surface area (Å²) in [5.74, 6) is 3.47. The summed E-state index contributed by atoms with van der Waals surface area (Å²) in [6, 6.07) is 0. The smallest absolute Gasteiger partial charge is 0.0194 e. The van der Waals surface area contributed by atoms with E-state index < -0.39 is 0 Å². The van der Waals surface area contributed by atoms with Crippen LogP contribution in [0.15, 0.2) is 11.6 Å². The molecule has 1 aliphatic rings. The monoisotopic (exact) mass is 222 g/mol. The van der Waals surface area contributed by atoms with Gasteiger partial charge < -0.3 is 0 Å². The summed E-state index contributed by atoms with van der Waals surface area (Å²) in [7, 11) is 0. The van der Waals surface area contributed by atoms with E-state index in [0.29, 0.717) is 0 Å². The first-order valence-electron chi connectivity index (χ1n) is 7.21. The van der Waals surface area contributed by atoms with Crippen LogP contribution in [0.3, 0.4) is 0 Å². The van der Waals surface area contributed by atoms with Gasteiger partial charge in [-0.15, -0.1) is 0 Å². The molecule has 0 heterocycles. The zero-order chi connectivity index (χ0) is 12.1. The molecule has 0 bridgehead atoms. The van der Waals surface area contributed by atoms with Gasteiger partial charge in [-0.1, -0.05) is 65.5 Å². The third-order valence-electron chi connectivity index (χ3n) is 4.22. The topological polar surface area (TPSA) is 0 Å². The van der Waals surface area contributed by atoms with Gasteiger partial charge in [0, 0.05) is 0 Å². The van der Waals surface area contributed by atoms with Crippen LogP contribution in [-0.4, -0.2) is 0 Å². The molecule has 0 aliphatic heterocycles. The van der Waals surface area contributed by atoms with Gasteiger partial charge in [-0.05, 0) is 36.5 Å². The van der Waals surface area contributed by atoms with Crippen LogP contribution in [0.25, 0.3) is 0 Å². The Morgan fingerprint density at radius 1 is 1.12 bits per heavy atom. The van der Waals surface area contributed by atoms with Crippen LogP contribution in [-0.2, 0) is 0 Å². The van der Waals surface area contributed by atoms with Crippen molar-refractivity contribution >= 4 is 0 Å². The largest absolute Gasteiger partial charge is 0.0822 e. The van der Waals surface area contributed by atoms with Crippen molar-refractivity contribution in [3.05, 3.63) is 11.6 Å². The molecule has 0 nitrogen and oxygen atoms in total. The summed E-state index contributed by atoms with van der Waals surface area (Å²) in [4.78, 5) is 0. The van der Waals surface area contributed by atoms with Crippen LogP contribution in [0.1, 0.15) is 66.7 Å².